The van der Waals surface area contributed by atoms with Crippen LogP contribution in [0.3, 0.4) is 0 Å². The molecule has 1 heterocycles. The molecule has 0 unspecified atom stereocenters. The van der Waals surface area contributed by atoms with Crippen molar-refractivity contribution in [2.75, 3.05) is 24.7 Å². The van der Waals surface area contributed by atoms with Crippen LogP contribution in [0, 0.1) is 5.82 Å². The quantitative estimate of drug-likeness (QED) is 0.839. The lowest BCUT2D eigenvalue weighted by Crippen LogP contribution is -2.37. The van der Waals surface area contributed by atoms with E-state index < -0.39 is 10.0 Å². The summed E-state index contributed by atoms with van der Waals surface area (Å²) in [7, 11) is -1.65. The zero-order valence-corrected chi connectivity index (χ0v) is 15.8. The minimum absolute atomic E-state index is 0.107. The molecule has 1 aliphatic rings. The van der Waals surface area contributed by atoms with E-state index in [1.165, 1.54) is 10.4 Å². The first-order valence-corrected chi connectivity index (χ1v) is 10.2. The second-order valence-electron chi connectivity index (χ2n) is 6.24. The van der Waals surface area contributed by atoms with Crippen LogP contribution in [-0.4, -0.2) is 32.1 Å². The van der Waals surface area contributed by atoms with Crippen molar-refractivity contribution in [2.45, 2.75) is 26.4 Å². The molecule has 0 bridgehead atoms. The van der Waals surface area contributed by atoms with Gasteiger partial charge in [0.25, 0.3) is 0 Å². The summed E-state index contributed by atoms with van der Waals surface area (Å²) in [5.41, 5.74) is 3.52. The Hall–Kier alpha value is -2.12. The molecule has 0 saturated carbocycles. The Kier molecular flexibility index (Phi) is 5.48. The van der Waals surface area contributed by atoms with Gasteiger partial charge in [0.2, 0.25) is 10.0 Å². The van der Waals surface area contributed by atoms with Gasteiger partial charge >= 0.3 is 0 Å². The first-order chi connectivity index (χ1) is 12.4. The highest BCUT2D eigenvalue weighted by Gasteiger charge is 2.26. The van der Waals surface area contributed by atoms with E-state index in [1.54, 1.807) is 26.2 Å². The average Bonchev–Trinajstić information content (AvgIpc) is 2.66. The van der Waals surface area contributed by atoms with Crippen LogP contribution in [0.1, 0.15) is 23.6 Å². The maximum Gasteiger partial charge on any atom is 0.214 e. The molecule has 0 saturated heterocycles. The van der Waals surface area contributed by atoms with Crippen LogP contribution in [0.2, 0.25) is 0 Å². The number of anilines is 1. The first-order valence-electron chi connectivity index (χ1n) is 8.59. The smallest absolute Gasteiger partial charge is 0.214 e. The van der Waals surface area contributed by atoms with Crippen LogP contribution in [0.15, 0.2) is 36.4 Å². The molecule has 0 amide bonds. The van der Waals surface area contributed by atoms with E-state index in [-0.39, 0.29) is 11.6 Å². The van der Waals surface area contributed by atoms with Crippen LogP contribution in [0.25, 0.3) is 0 Å². The summed E-state index contributed by atoms with van der Waals surface area (Å²) in [4.78, 5) is 0. The lowest BCUT2D eigenvalue weighted by molar-refractivity contribution is 0.392. The second-order valence-corrected chi connectivity index (χ2v) is 8.50. The maximum absolute atomic E-state index is 14.0. The van der Waals surface area contributed by atoms with Crippen molar-refractivity contribution in [1.29, 1.82) is 0 Å². The fraction of sp³-hybridized carbons (Fsp3) is 0.368. The predicted octanol–water partition coefficient (Wildman–Crippen LogP) is 3.15. The third-order valence-electron chi connectivity index (χ3n) is 4.71. The number of methoxy groups -OCH3 is 1. The molecular weight excluding hydrogens is 355 g/mol. The lowest BCUT2D eigenvalue weighted by Gasteiger charge is -2.29. The first kappa shape index (κ1) is 18.7. The van der Waals surface area contributed by atoms with E-state index >= 15 is 0 Å². The highest BCUT2D eigenvalue weighted by Crippen LogP contribution is 2.28. The number of nitrogens with zero attached hydrogens (tertiary/aromatic N) is 1. The zero-order chi connectivity index (χ0) is 18.7. The number of fused-ring (bicyclic) bond motifs is 1. The SMILES string of the molecule is CCS(=O)(=O)N1CCc2c(cccc2NCc2cc(OC)ccc2F)C1. The molecule has 26 heavy (non-hydrogen) atoms. The van der Waals surface area contributed by atoms with Crippen LogP contribution < -0.4 is 10.1 Å². The van der Waals surface area contributed by atoms with Crippen molar-refractivity contribution in [2.24, 2.45) is 0 Å². The molecule has 0 radical (unpaired) electrons. The Morgan fingerprint density at radius 1 is 1.27 bits per heavy atom. The number of sulfonamides is 1. The fourth-order valence-corrected chi connectivity index (χ4v) is 4.24. The normalized spacial score (nSPS) is 14.7. The molecule has 1 N–H and O–H groups in total. The van der Waals surface area contributed by atoms with E-state index in [0.717, 1.165) is 16.8 Å². The summed E-state index contributed by atoms with van der Waals surface area (Å²) >= 11 is 0. The van der Waals surface area contributed by atoms with Gasteiger partial charge in [0.15, 0.2) is 0 Å². The van der Waals surface area contributed by atoms with Crippen molar-refractivity contribution in [1.82, 2.24) is 4.31 Å². The Morgan fingerprint density at radius 2 is 2.08 bits per heavy atom. The van der Waals surface area contributed by atoms with E-state index in [0.29, 0.717) is 37.4 Å². The van der Waals surface area contributed by atoms with Crippen molar-refractivity contribution in [3.63, 3.8) is 0 Å². The van der Waals surface area contributed by atoms with Gasteiger partial charge in [-0.05, 0) is 48.7 Å². The zero-order valence-electron chi connectivity index (χ0n) is 15.0. The summed E-state index contributed by atoms with van der Waals surface area (Å²) in [6.07, 6.45) is 0.637. The average molecular weight is 378 g/mol. The van der Waals surface area contributed by atoms with Gasteiger partial charge in [0.05, 0.1) is 12.9 Å². The van der Waals surface area contributed by atoms with Crippen molar-refractivity contribution in [3.05, 3.63) is 58.9 Å². The monoisotopic (exact) mass is 378 g/mol. The summed E-state index contributed by atoms with van der Waals surface area (Å²) in [5, 5.41) is 3.29. The van der Waals surface area contributed by atoms with E-state index in [9.17, 15) is 12.8 Å². The molecule has 2 aromatic rings. The molecule has 0 atom stereocenters. The predicted molar refractivity (Wildman–Crippen MR) is 100 cm³/mol. The number of rotatable bonds is 6. The molecule has 5 nitrogen and oxygen atoms in total. The van der Waals surface area contributed by atoms with Gasteiger partial charge in [-0.15, -0.1) is 0 Å². The molecule has 0 aromatic heterocycles. The number of hydrogen-bond donors (Lipinski definition) is 1. The molecule has 1 aliphatic heterocycles. The van der Waals surface area contributed by atoms with Crippen molar-refractivity contribution in [3.8, 4) is 5.75 Å². The van der Waals surface area contributed by atoms with Gasteiger partial charge in [-0.2, -0.15) is 4.31 Å². The molecule has 140 valence electrons. The largest absolute Gasteiger partial charge is 0.497 e. The number of nitrogens with one attached hydrogen (secondary N) is 1. The van der Waals surface area contributed by atoms with Crippen molar-refractivity contribution < 1.29 is 17.5 Å². The lowest BCUT2D eigenvalue weighted by atomic mass is 9.99. The maximum atomic E-state index is 14.0. The van der Waals surface area contributed by atoms with Gasteiger partial charge in [0.1, 0.15) is 11.6 Å². The van der Waals surface area contributed by atoms with E-state index in [1.807, 2.05) is 18.2 Å². The summed E-state index contributed by atoms with van der Waals surface area (Å²) < 4.78 is 44.9. The van der Waals surface area contributed by atoms with Crippen LogP contribution in [0.4, 0.5) is 10.1 Å². The number of ether oxygens (including phenoxy) is 1. The Labute approximate surface area is 153 Å². The molecule has 2 aromatic carbocycles. The number of halogens is 1. The van der Waals surface area contributed by atoms with Gasteiger partial charge in [-0.3, -0.25) is 0 Å². The minimum Gasteiger partial charge on any atom is -0.497 e. The van der Waals surface area contributed by atoms with Crippen LogP contribution >= 0.6 is 0 Å². The Bertz CT molecular complexity index is 900. The van der Waals surface area contributed by atoms with E-state index in [4.69, 9.17) is 4.74 Å². The summed E-state index contributed by atoms with van der Waals surface area (Å²) in [6.45, 7) is 2.84. The van der Waals surface area contributed by atoms with Gasteiger partial charge in [0, 0.05) is 30.9 Å². The standard InChI is InChI=1S/C19H23FN2O3S/c1-3-26(23,24)22-10-9-17-14(13-22)5-4-6-19(17)21-12-15-11-16(25-2)7-8-18(15)20/h4-8,11,21H,3,9-10,12-13H2,1-2H3. The summed E-state index contributed by atoms with van der Waals surface area (Å²) in [6, 6.07) is 10.4. The molecule has 3 rings (SSSR count). The highest BCUT2D eigenvalue weighted by molar-refractivity contribution is 7.89. The second kappa shape index (κ2) is 7.63. The van der Waals surface area contributed by atoms with Gasteiger partial charge < -0.3 is 10.1 Å². The van der Waals surface area contributed by atoms with Gasteiger partial charge in [-0.25, -0.2) is 12.8 Å². The third-order valence-corrected chi connectivity index (χ3v) is 6.54. The third kappa shape index (κ3) is 3.83. The van der Waals surface area contributed by atoms with Crippen LogP contribution in [-0.2, 0) is 29.5 Å². The topological polar surface area (TPSA) is 58.6 Å². The van der Waals surface area contributed by atoms with Gasteiger partial charge in [-0.1, -0.05) is 12.1 Å². The Morgan fingerprint density at radius 3 is 2.81 bits per heavy atom. The fourth-order valence-electron chi connectivity index (χ4n) is 3.17. The molecule has 0 spiro atoms. The Balaban J connectivity index is 1.79. The number of hydrogen-bond acceptors (Lipinski definition) is 4. The molecule has 7 heteroatoms. The van der Waals surface area contributed by atoms with E-state index in [2.05, 4.69) is 5.32 Å². The molecule has 0 fully saturated rings. The molecular formula is C19H23FN2O3S. The van der Waals surface area contributed by atoms with Crippen molar-refractivity contribution >= 4 is 15.7 Å². The summed E-state index contributed by atoms with van der Waals surface area (Å²) in [5.74, 6) is 0.428. The number of benzene rings is 2. The highest BCUT2D eigenvalue weighted by atomic mass is 32.2. The molecule has 0 aliphatic carbocycles. The van der Waals surface area contributed by atoms with Crippen LogP contribution in [0.5, 0.6) is 5.75 Å². The minimum atomic E-state index is -3.20.